The largest absolute Gasteiger partial charge is 0.293 e. The van der Waals surface area contributed by atoms with Crippen molar-refractivity contribution < 1.29 is 18.8 Å². The van der Waals surface area contributed by atoms with Crippen molar-refractivity contribution in [3.8, 4) is 0 Å². The molecule has 0 bridgehead atoms. The molecule has 2 aromatic carbocycles. The number of carbonyl (C=O) groups excluding carboxylic acids is 3. The van der Waals surface area contributed by atoms with E-state index in [1.165, 1.54) is 24.3 Å². The number of imide groups is 1. The predicted molar refractivity (Wildman–Crippen MR) is 97.5 cm³/mol. The Kier molecular flexibility index (Phi) is 5.15. The van der Waals surface area contributed by atoms with Crippen molar-refractivity contribution in [2.75, 3.05) is 6.54 Å². The first kappa shape index (κ1) is 17.6. The minimum atomic E-state index is -0.528. The van der Waals surface area contributed by atoms with Crippen LogP contribution in [-0.4, -0.2) is 28.4 Å². The normalized spacial score (nSPS) is 15.9. The van der Waals surface area contributed by atoms with Gasteiger partial charge in [-0.1, -0.05) is 36.4 Å². The highest BCUT2D eigenvalue weighted by Crippen LogP contribution is 2.32. The summed E-state index contributed by atoms with van der Waals surface area (Å²) >= 11 is 3.84. The fourth-order valence-electron chi connectivity index (χ4n) is 2.25. The second-order valence-corrected chi connectivity index (χ2v) is 7.08. The van der Waals surface area contributed by atoms with Gasteiger partial charge in [-0.25, -0.2) is 4.39 Å². The molecule has 1 fully saturated rings. The minimum Gasteiger partial charge on any atom is -0.292 e. The van der Waals surface area contributed by atoms with Crippen molar-refractivity contribution in [2.45, 2.75) is 0 Å². The highest BCUT2D eigenvalue weighted by atomic mass is 79.9. The topological polar surface area (TPSA) is 54.5 Å². The van der Waals surface area contributed by atoms with Gasteiger partial charge < -0.3 is 0 Å². The quantitative estimate of drug-likeness (QED) is 0.540. The van der Waals surface area contributed by atoms with Crippen LogP contribution in [0.25, 0.3) is 6.08 Å². The van der Waals surface area contributed by atoms with E-state index in [2.05, 4.69) is 15.9 Å². The molecule has 0 N–H and O–H groups in total. The standard InChI is InChI=1S/C18H11BrFNO3S/c19-13-8-11(6-7-14(13)20)9-16-17(23)21(18(24)25-16)10-15(22)12-4-2-1-3-5-12/h1-9H,10H2/b16-9+. The van der Waals surface area contributed by atoms with Crippen LogP contribution in [0.4, 0.5) is 9.18 Å². The van der Waals surface area contributed by atoms with Crippen molar-refractivity contribution in [1.29, 1.82) is 0 Å². The summed E-state index contributed by atoms with van der Waals surface area (Å²) in [4.78, 5) is 37.8. The summed E-state index contributed by atoms with van der Waals surface area (Å²) in [6, 6.07) is 12.8. The number of rotatable bonds is 4. The first-order valence-corrected chi connectivity index (χ1v) is 8.85. The van der Waals surface area contributed by atoms with E-state index < -0.39 is 17.0 Å². The molecule has 126 valence electrons. The first-order chi connectivity index (χ1) is 12.0. The van der Waals surface area contributed by atoms with Crippen LogP contribution in [0, 0.1) is 5.82 Å². The summed E-state index contributed by atoms with van der Waals surface area (Å²) in [7, 11) is 0. The number of amides is 2. The third-order valence-electron chi connectivity index (χ3n) is 3.51. The van der Waals surface area contributed by atoms with Crippen molar-refractivity contribution in [3.05, 3.63) is 74.9 Å². The fraction of sp³-hybridized carbons (Fsp3) is 0.0556. The molecule has 2 aromatic rings. The van der Waals surface area contributed by atoms with E-state index in [9.17, 15) is 18.8 Å². The van der Waals surface area contributed by atoms with Crippen molar-refractivity contribution >= 4 is 50.7 Å². The lowest BCUT2D eigenvalue weighted by molar-refractivity contribution is -0.122. The molecule has 0 unspecified atom stereocenters. The maximum Gasteiger partial charge on any atom is 0.293 e. The number of hydrogen-bond acceptors (Lipinski definition) is 4. The van der Waals surface area contributed by atoms with Gasteiger partial charge in [-0.3, -0.25) is 19.3 Å². The number of hydrogen-bond donors (Lipinski definition) is 0. The summed E-state index contributed by atoms with van der Waals surface area (Å²) in [5.74, 6) is -1.26. The number of halogens is 2. The molecule has 1 aliphatic rings. The molecule has 0 aromatic heterocycles. The zero-order valence-corrected chi connectivity index (χ0v) is 15.1. The SMILES string of the molecule is O=C(CN1C(=O)S/C(=C/c2ccc(F)c(Br)c2)C1=O)c1ccccc1. The summed E-state index contributed by atoms with van der Waals surface area (Å²) in [5, 5.41) is -0.498. The molecule has 0 aliphatic carbocycles. The van der Waals surface area contributed by atoms with Gasteiger partial charge in [0.15, 0.2) is 5.78 Å². The predicted octanol–water partition coefficient (Wildman–Crippen LogP) is 4.51. The monoisotopic (exact) mass is 419 g/mol. The van der Waals surface area contributed by atoms with Gasteiger partial charge in [0.1, 0.15) is 5.82 Å². The Morgan fingerprint density at radius 2 is 1.88 bits per heavy atom. The maximum atomic E-state index is 13.3. The van der Waals surface area contributed by atoms with Crippen LogP contribution < -0.4 is 0 Å². The molecule has 0 radical (unpaired) electrons. The van der Waals surface area contributed by atoms with Crippen LogP contribution in [-0.2, 0) is 4.79 Å². The zero-order chi connectivity index (χ0) is 18.0. The number of Topliss-reactive ketones (excluding diaryl/α,β-unsaturated/α-hetero) is 1. The Balaban J connectivity index is 1.79. The van der Waals surface area contributed by atoms with E-state index >= 15 is 0 Å². The number of nitrogens with zero attached hydrogens (tertiary/aromatic N) is 1. The number of thioether (sulfide) groups is 1. The molecule has 2 amide bonds. The van der Waals surface area contributed by atoms with Crippen LogP contribution in [0.15, 0.2) is 57.9 Å². The second kappa shape index (κ2) is 7.33. The summed E-state index contributed by atoms with van der Waals surface area (Å²) in [6.07, 6.45) is 1.50. The van der Waals surface area contributed by atoms with Crippen LogP contribution in [0.2, 0.25) is 0 Å². The third kappa shape index (κ3) is 3.88. The second-order valence-electron chi connectivity index (χ2n) is 5.23. The lowest BCUT2D eigenvalue weighted by Crippen LogP contribution is -2.33. The smallest absolute Gasteiger partial charge is 0.292 e. The highest BCUT2D eigenvalue weighted by Gasteiger charge is 2.36. The molecular formula is C18H11BrFNO3S. The van der Waals surface area contributed by atoms with E-state index in [4.69, 9.17) is 0 Å². The van der Waals surface area contributed by atoms with E-state index in [0.29, 0.717) is 11.1 Å². The molecule has 1 saturated heterocycles. The Hall–Kier alpha value is -2.25. The lowest BCUT2D eigenvalue weighted by Gasteiger charge is -2.11. The van der Waals surface area contributed by atoms with Crippen molar-refractivity contribution in [1.82, 2.24) is 4.90 Å². The summed E-state index contributed by atoms with van der Waals surface area (Å²) < 4.78 is 13.5. The molecule has 1 heterocycles. The molecule has 0 saturated carbocycles. The van der Waals surface area contributed by atoms with Gasteiger partial charge in [0.2, 0.25) is 0 Å². The van der Waals surface area contributed by atoms with Crippen molar-refractivity contribution in [2.24, 2.45) is 0 Å². The maximum absolute atomic E-state index is 13.3. The molecule has 25 heavy (non-hydrogen) atoms. The van der Waals surface area contributed by atoms with Crippen LogP contribution in [0.3, 0.4) is 0 Å². The Bertz CT molecular complexity index is 898. The van der Waals surface area contributed by atoms with Gasteiger partial charge in [-0.05, 0) is 51.5 Å². The van der Waals surface area contributed by atoms with E-state index in [1.807, 2.05) is 0 Å². The van der Waals surface area contributed by atoms with E-state index in [-0.39, 0.29) is 21.7 Å². The number of benzene rings is 2. The molecular weight excluding hydrogens is 409 g/mol. The van der Waals surface area contributed by atoms with E-state index in [0.717, 1.165) is 16.7 Å². The van der Waals surface area contributed by atoms with Gasteiger partial charge >= 0.3 is 0 Å². The van der Waals surface area contributed by atoms with Gasteiger partial charge in [-0.2, -0.15) is 0 Å². The zero-order valence-electron chi connectivity index (χ0n) is 12.7. The molecule has 4 nitrogen and oxygen atoms in total. The minimum absolute atomic E-state index is 0.198. The first-order valence-electron chi connectivity index (χ1n) is 7.24. The summed E-state index contributed by atoms with van der Waals surface area (Å²) in [6.45, 7) is -0.306. The molecule has 0 spiro atoms. The summed E-state index contributed by atoms with van der Waals surface area (Å²) in [5.41, 5.74) is 1.01. The van der Waals surface area contributed by atoms with Crippen LogP contribution >= 0.6 is 27.7 Å². The van der Waals surface area contributed by atoms with Gasteiger partial charge in [0.25, 0.3) is 11.1 Å². The average Bonchev–Trinajstić information content (AvgIpc) is 2.86. The number of ketones is 1. The lowest BCUT2D eigenvalue weighted by atomic mass is 10.1. The Morgan fingerprint density at radius 1 is 1.16 bits per heavy atom. The van der Waals surface area contributed by atoms with Gasteiger partial charge in [-0.15, -0.1) is 0 Å². The van der Waals surface area contributed by atoms with Gasteiger partial charge in [0, 0.05) is 5.56 Å². The fourth-order valence-corrected chi connectivity index (χ4v) is 3.48. The highest BCUT2D eigenvalue weighted by molar-refractivity contribution is 9.10. The van der Waals surface area contributed by atoms with E-state index in [1.54, 1.807) is 30.3 Å². The third-order valence-corrected chi connectivity index (χ3v) is 5.03. The van der Waals surface area contributed by atoms with Crippen LogP contribution in [0.1, 0.15) is 15.9 Å². The van der Waals surface area contributed by atoms with Crippen molar-refractivity contribution in [3.63, 3.8) is 0 Å². The number of carbonyl (C=O) groups is 3. The average molecular weight is 420 g/mol. The Morgan fingerprint density at radius 3 is 2.56 bits per heavy atom. The van der Waals surface area contributed by atoms with Gasteiger partial charge in [0.05, 0.1) is 15.9 Å². The molecule has 1 aliphatic heterocycles. The van der Waals surface area contributed by atoms with Crippen LogP contribution in [0.5, 0.6) is 0 Å². The molecule has 7 heteroatoms. The molecule has 0 atom stereocenters. The Labute approximate surface area is 155 Å². The molecule has 3 rings (SSSR count).